The van der Waals surface area contributed by atoms with Crippen LogP contribution in [0.15, 0.2) is 30.5 Å². The van der Waals surface area contributed by atoms with Crippen molar-refractivity contribution in [3.05, 3.63) is 42.0 Å². The third-order valence-corrected chi connectivity index (χ3v) is 4.78. The van der Waals surface area contributed by atoms with Crippen LogP contribution < -0.4 is 14.4 Å². The van der Waals surface area contributed by atoms with E-state index in [1.165, 1.54) is 6.07 Å². The smallest absolute Gasteiger partial charge is 0.258 e. The number of anilines is 1. The molecule has 1 aliphatic heterocycles. The lowest BCUT2D eigenvalue weighted by atomic mass is 9.94. The number of hydrogen-bond donors (Lipinski definition) is 0. The standard InChI is InChI=1S/C22H30FN3O2/c1-16-15-24-21(28-22(2,3)4)20(25-16)26-12-9-17(10-13-26)11-14-27-19-8-6-5-7-18(19)23/h5-8,15,17H,9-14H2,1-4H3. The molecule has 3 rings (SSSR count). The Morgan fingerprint density at radius 2 is 1.89 bits per heavy atom. The minimum atomic E-state index is -0.318. The van der Waals surface area contributed by atoms with Crippen LogP contribution >= 0.6 is 0 Å². The van der Waals surface area contributed by atoms with Gasteiger partial charge in [0.15, 0.2) is 17.4 Å². The van der Waals surface area contributed by atoms with Gasteiger partial charge in [0.1, 0.15) is 5.60 Å². The van der Waals surface area contributed by atoms with E-state index in [0.29, 0.717) is 24.2 Å². The molecule has 0 radical (unpaired) electrons. The number of para-hydroxylation sites is 1. The van der Waals surface area contributed by atoms with Crippen molar-refractivity contribution in [2.75, 3.05) is 24.6 Å². The fourth-order valence-electron chi connectivity index (χ4n) is 3.35. The van der Waals surface area contributed by atoms with E-state index >= 15 is 0 Å². The summed E-state index contributed by atoms with van der Waals surface area (Å²) in [5.74, 6) is 2.02. The van der Waals surface area contributed by atoms with Gasteiger partial charge in [0.2, 0.25) is 0 Å². The Morgan fingerprint density at radius 3 is 2.57 bits per heavy atom. The molecule has 1 aromatic heterocycles. The molecule has 6 heteroatoms. The number of piperidine rings is 1. The second-order valence-corrected chi connectivity index (χ2v) is 8.35. The van der Waals surface area contributed by atoms with Crippen LogP contribution in [-0.2, 0) is 0 Å². The lowest BCUT2D eigenvalue weighted by Crippen LogP contribution is -2.36. The van der Waals surface area contributed by atoms with Gasteiger partial charge in [-0.1, -0.05) is 12.1 Å². The second-order valence-electron chi connectivity index (χ2n) is 8.35. The van der Waals surface area contributed by atoms with E-state index < -0.39 is 0 Å². The number of ether oxygens (including phenoxy) is 2. The first-order valence-electron chi connectivity index (χ1n) is 9.97. The molecule has 1 aromatic carbocycles. The fraction of sp³-hybridized carbons (Fsp3) is 0.545. The fourth-order valence-corrected chi connectivity index (χ4v) is 3.35. The van der Waals surface area contributed by atoms with Gasteiger partial charge in [-0.2, -0.15) is 0 Å². The zero-order valence-electron chi connectivity index (χ0n) is 17.2. The van der Waals surface area contributed by atoms with Crippen molar-refractivity contribution in [2.45, 2.75) is 52.6 Å². The molecule has 0 unspecified atom stereocenters. The summed E-state index contributed by atoms with van der Waals surface area (Å²) in [7, 11) is 0. The minimum absolute atomic E-state index is 0.304. The van der Waals surface area contributed by atoms with E-state index in [0.717, 1.165) is 43.9 Å². The molecule has 0 spiro atoms. The molecular formula is C22H30FN3O2. The van der Waals surface area contributed by atoms with E-state index in [1.54, 1.807) is 24.4 Å². The molecule has 0 amide bonds. The average Bonchev–Trinajstić information content (AvgIpc) is 2.64. The molecule has 0 N–H and O–H groups in total. The number of rotatable bonds is 6. The van der Waals surface area contributed by atoms with Gasteiger partial charge in [-0.25, -0.2) is 14.4 Å². The summed E-state index contributed by atoms with van der Waals surface area (Å²) in [6.07, 6.45) is 4.76. The van der Waals surface area contributed by atoms with Crippen molar-refractivity contribution in [2.24, 2.45) is 5.92 Å². The molecule has 1 saturated heterocycles. The van der Waals surface area contributed by atoms with Crippen LogP contribution in [0.4, 0.5) is 10.2 Å². The molecule has 2 heterocycles. The molecule has 5 nitrogen and oxygen atoms in total. The molecule has 0 atom stereocenters. The van der Waals surface area contributed by atoms with Crippen LogP contribution in [0.3, 0.4) is 0 Å². The number of hydrogen-bond acceptors (Lipinski definition) is 5. The molecule has 0 aliphatic carbocycles. The Balaban J connectivity index is 1.54. The number of benzene rings is 1. The van der Waals surface area contributed by atoms with Crippen molar-refractivity contribution in [3.63, 3.8) is 0 Å². The zero-order valence-corrected chi connectivity index (χ0v) is 17.2. The van der Waals surface area contributed by atoms with Gasteiger partial charge in [0.25, 0.3) is 5.88 Å². The average molecular weight is 387 g/mol. The van der Waals surface area contributed by atoms with Crippen LogP contribution in [-0.4, -0.2) is 35.3 Å². The lowest BCUT2D eigenvalue weighted by molar-refractivity contribution is 0.123. The normalized spacial score (nSPS) is 15.5. The topological polar surface area (TPSA) is 47.5 Å². The van der Waals surface area contributed by atoms with Gasteiger partial charge in [0, 0.05) is 13.1 Å². The summed E-state index contributed by atoms with van der Waals surface area (Å²) >= 11 is 0. The van der Waals surface area contributed by atoms with Crippen LogP contribution in [0.1, 0.15) is 45.7 Å². The molecule has 0 bridgehead atoms. The van der Waals surface area contributed by atoms with Crippen molar-refractivity contribution in [1.82, 2.24) is 9.97 Å². The summed E-state index contributed by atoms with van der Waals surface area (Å²) in [4.78, 5) is 11.4. The monoisotopic (exact) mass is 387 g/mol. The van der Waals surface area contributed by atoms with E-state index in [1.807, 2.05) is 27.7 Å². The Labute approximate surface area is 166 Å². The van der Waals surface area contributed by atoms with Gasteiger partial charge in [0.05, 0.1) is 18.5 Å². The first-order valence-corrected chi connectivity index (χ1v) is 9.97. The maximum atomic E-state index is 13.6. The van der Waals surface area contributed by atoms with Crippen molar-refractivity contribution in [1.29, 1.82) is 0 Å². The maximum absolute atomic E-state index is 13.6. The zero-order chi connectivity index (χ0) is 20.1. The van der Waals surface area contributed by atoms with Gasteiger partial charge in [-0.05, 0) is 65.0 Å². The molecule has 28 heavy (non-hydrogen) atoms. The van der Waals surface area contributed by atoms with Crippen LogP contribution in [0.5, 0.6) is 11.6 Å². The first-order chi connectivity index (χ1) is 13.3. The number of halogens is 1. The molecule has 0 saturated carbocycles. The lowest BCUT2D eigenvalue weighted by Gasteiger charge is -2.34. The predicted molar refractivity (Wildman–Crippen MR) is 109 cm³/mol. The Hall–Kier alpha value is -2.37. The minimum Gasteiger partial charge on any atom is -0.491 e. The van der Waals surface area contributed by atoms with E-state index in [4.69, 9.17) is 9.47 Å². The Kier molecular flexibility index (Phi) is 6.37. The van der Waals surface area contributed by atoms with E-state index in [-0.39, 0.29) is 11.4 Å². The predicted octanol–water partition coefficient (Wildman–Crippen LogP) is 4.79. The van der Waals surface area contributed by atoms with Crippen LogP contribution in [0.25, 0.3) is 0 Å². The van der Waals surface area contributed by atoms with Crippen LogP contribution in [0, 0.1) is 18.7 Å². The molecule has 1 aliphatic rings. The largest absolute Gasteiger partial charge is 0.491 e. The summed E-state index contributed by atoms with van der Waals surface area (Å²) in [5.41, 5.74) is 0.567. The number of aryl methyl sites for hydroxylation is 1. The van der Waals surface area contributed by atoms with Crippen molar-refractivity contribution < 1.29 is 13.9 Å². The Morgan fingerprint density at radius 1 is 1.18 bits per heavy atom. The number of aromatic nitrogens is 2. The number of nitrogens with zero attached hydrogens (tertiary/aromatic N) is 3. The highest BCUT2D eigenvalue weighted by atomic mass is 19.1. The van der Waals surface area contributed by atoms with Gasteiger partial charge in [-0.3, -0.25) is 0 Å². The van der Waals surface area contributed by atoms with Crippen molar-refractivity contribution >= 4 is 5.82 Å². The van der Waals surface area contributed by atoms with Gasteiger partial charge < -0.3 is 14.4 Å². The third-order valence-electron chi connectivity index (χ3n) is 4.78. The maximum Gasteiger partial charge on any atom is 0.258 e. The van der Waals surface area contributed by atoms with Crippen LogP contribution in [0.2, 0.25) is 0 Å². The third kappa shape index (κ3) is 5.57. The van der Waals surface area contributed by atoms with Gasteiger partial charge >= 0.3 is 0 Å². The SMILES string of the molecule is Cc1cnc(OC(C)(C)C)c(N2CCC(CCOc3ccccc3F)CC2)n1. The summed E-state index contributed by atoms with van der Waals surface area (Å²) in [6, 6.07) is 6.56. The van der Waals surface area contributed by atoms with E-state index in [2.05, 4.69) is 14.9 Å². The van der Waals surface area contributed by atoms with Crippen molar-refractivity contribution in [3.8, 4) is 11.6 Å². The quantitative estimate of drug-likeness (QED) is 0.713. The van der Waals surface area contributed by atoms with Gasteiger partial charge in [-0.15, -0.1) is 0 Å². The second kappa shape index (κ2) is 8.76. The summed E-state index contributed by atoms with van der Waals surface area (Å²) < 4.78 is 25.3. The molecular weight excluding hydrogens is 357 g/mol. The highest BCUT2D eigenvalue weighted by Gasteiger charge is 2.25. The molecule has 1 fully saturated rings. The molecule has 152 valence electrons. The summed E-state index contributed by atoms with van der Waals surface area (Å²) in [5, 5.41) is 0. The highest BCUT2D eigenvalue weighted by Crippen LogP contribution is 2.31. The molecule has 2 aromatic rings. The summed E-state index contributed by atoms with van der Waals surface area (Å²) in [6.45, 7) is 10.3. The highest BCUT2D eigenvalue weighted by molar-refractivity contribution is 5.49. The first kappa shape index (κ1) is 20.4. The Bertz CT molecular complexity index is 784. The van der Waals surface area contributed by atoms with E-state index in [9.17, 15) is 4.39 Å².